The van der Waals surface area contributed by atoms with Gasteiger partial charge < -0.3 is 20.1 Å². The Hall–Kier alpha value is -2.69. The van der Waals surface area contributed by atoms with E-state index in [0.29, 0.717) is 19.8 Å². The molecule has 0 unspecified atom stereocenters. The molecular weight excluding hydrogens is 316 g/mol. The second-order valence-electron chi connectivity index (χ2n) is 6.64. The standard InChI is InChI=1S/C20H22N2O3/c1-12-3-4-17(13(2)9-12)22-20(23)21-11-16-15-6-8-24-18(15)10-14-5-7-25-19(14)16/h3-4,9-10H,5-8,11H2,1-2H3,(H2,21,22,23). The molecule has 2 amide bonds. The number of amides is 2. The lowest BCUT2D eigenvalue weighted by Gasteiger charge is -2.15. The first-order valence-corrected chi connectivity index (χ1v) is 8.67. The molecule has 4 rings (SSSR count). The van der Waals surface area contributed by atoms with E-state index in [2.05, 4.69) is 22.8 Å². The van der Waals surface area contributed by atoms with Crippen LogP contribution in [0, 0.1) is 13.8 Å². The Bertz CT molecular complexity index is 813. The Labute approximate surface area is 147 Å². The highest BCUT2D eigenvalue weighted by Crippen LogP contribution is 2.40. The summed E-state index contributed by atoms with van der Waals surface area (Å²) in [5.74, 6) is 1.87. The maximum atomic E-state index is 12.3. The molecule has 2 N–H and O–H groups in total. The van der Waals surface area contributed by atoms with Gasteiger partial charge in [-0.25, -0.2) is 4.79 Å². The number of fused-ring (bicyclic) bond motifs is 2. The summed E-state index contributed by atoms with van der Waals surface area (Å²) in [5.41, 5.74) is 6.44. The monoisotopic (exact) mass is 338 g/mol. The third kappa shape index (κ3) is 3.02. The summed E-state index contributed by atoms with van der Waals surface area (Å²) >= 11 is 0. The Morgan fingerprint density at radius 1 is 1.12 bits per heavy atom. The SMILES string of the molecule is Cc1ccc(NC(=O)NCc2c3c(cc4c2OCC4)OCC3)c(C)c1. The molecule has 0 atom stereocenters. The number of ether oxygens (including phenoxy) is 2. The van der Waals surface area contributed by atoms with Gasteiger partial charge in [0.2, 0.25) is 0 Å². The van der Waals surface area contributed by atoms with Crippen molar-refractivity contribution in [1.82, 2.24) is 5.32 Å². The molecule has 5 nitrogen and oxygen atoms in total. The lowest BCUT2D eigenvalue weighted by atomic mass is 9.99. The smallest absolute Gasteiger partial charge is 0.319 e. The maximum absolute atomic E-state index is 12.3. The predicted molar refractivity (Wildman–Crippen MR) is 96.6 cm³/mol. The van der Waals surface area contributed by atoms with Crippen molar-refractivity contribution in [1.29, 1.82) is 0 Å². The molecule has 2 heterocycles. The van der Waals surface area contributed by atoms with E-state index >= 15 is 0 Å². The largest absolute Gasteiger partial charge is 0.493 e. The van der Waals surface area contributed by atoms with Crippen molar-refractivity contribution in [3.63, 3.8) is 0 Å². The van der Waals surface area contributed by atoms with Crippen molar-refractivity contribution in [3.8, 4) is 11.5 Å². The van der Waals surface area contributed by atoms with E-state index in [1.54, 1.807) is 0 Å². The van der Waals surface area contributed by atoms with Crippen LogP contribution in [0.3, 0.4) is 0 Å². The minimum atomic E-state index is -0.213. The average Bonchev–Trinajstić information content (AvgIpc) is 3.22. The van der Waals surface area contributed by atoms with Crippen LogP contribution in [-0.4, -0.2) is 19.2 Å². The zero-order valence-electron chi connectivity index (χ0n) is 14.6. The van der Waals surface area contributed by atoms with Crippen LogP contribution in [0.1, 0.15) is 27.8 Å². The van der Waals surface area contributed by atoms with Gasteiger partial charge in [0.05, 0.1) is 13.2 Å². The minimum absolute atomic E-state index is 0.213. The number of benzene rings is 2. The first-order valence-electron chi connectivity index (χ1n) is 8.67. The molecule has 25 heavy (non-hydrogen) atoms. The summed E-state index contributed by atoms with van der Waals surface area (Å²) < 4.78 is 11.5. The van der Waals surface area contributed by atoms with Gasteiger partial charge in [0.1, 0.15) is 11.5 Å². The number of rotatable bonds is 3. The van der Waals surface area contributed by atoms with Crippen LogP contribution in [0.15, 0.2) is 24.3 Å². The van der Waals surface area contributed by atoms with Crippen molar-refractivity contribution < 1.29 is 14.3 Å². The molecule has 0 spiro atoms. The summed E-state index contributed by atoms with van der Waals surface area (Å²) in [4.78, 5) is 12.3. The first kappa shape index (κ1) is 15.8. The molecule has 0 bridgehead atoms. The Kier molecular flexibility index (Phi) is 3.99. The molecular formula is C20H22N2O3. The number of aryl methyl sites for hydroxylation is 2. The van der Waals surface area contributed by atoms with Crippen molar-refractivity contribution in [2.24, 2.45) is 0 Å². The number of anilines is 1. The Morgan fingerprint density at radius 3 is 2.80 bits per heavy atom. The molecule has 130 valence electrons. The number of carbonyl (C=O) groups excluding carboxylic acids is 1. The molecule has 5 heteroatoms. The summed E-state index contributed by atoms with van der Waals surface area (Å²) in [6, 6.07) is 7.85. The first-order chi connectivity index (χ1) is 12.1. The summed E-state index contributed by atoms with van der Waals surface area (Å²) in [6.07, 6.45) is 1.76. The van der Waals surface area contributed by atoms with Gasteiger partial charge in [-0.2, -0.15) is 0 Å². The van der Waals surface area contributed by atoms with E-state index < -0.39 is 0 Å². The third-order valence-electron chi connectivity index (χ3n) is 4.82. The lowest BCUT2D eigenvalue weighted by molar-refractivity contribution is 0.251. The number of hydrogen-bond acceptors (Lipinski definition) is 3. The van der Waals surface area contributed by atoms with Crippen LogP contribution in [0.2, 0.25) is 0 Å². The Balaban J connectivity index is 1.49. The van der Waals surface area contributed by atoms with Gasteiger partial charge in [0.15, 0.2) is 0 Å². The van der Waals surface area contributed by atoms with Crippen LogP contribution < -0.4 is 20.1 Å². The molecule has 2 aliphatic heterocycles. The fraction of sp³-hybridized carbons (Fsp3) is 0.350. The molecule has 0 saturated carbocycles. The van der Waals surface area contributed by atoms with Gasteiger partial charge in [-0.05, 0) is 31.5 Å². The van der Waals surface area contributed by atoms with Gasteiger partial charge in [-0.15, -0.1) is 0 Å². The molecule has 0 fully saturated rings. The quantitative estimate of drug-likeness (QED) is 0.900. The van der Waals surface area contributed by atoms with E-state index in [4.69, 9.17) is 9.47 Å². The van der Waals surface area contributed by atoms with Crippen molar-refractivity contribution in [3.05, 3.63) is 52.1 Å². The minimum Gasteiger partial charge on any atom is -0.493 e. The van der Waals surface area contributed by atoms with Crippen LogP contribution >= 0.6 is 0 Å². The number of hydrogen-bond donors (Lipinski definition) is 2. The second-order valence-corrected chi connectivity index (χ2v) is 6.64. The van der Waals surface area contributed by atoms with Gasteiger partial charge in [-0.1, -0.05) is 17.7 Å². The van der Waals surface area contributed by atoms with Crippen LogP contribution in [0.4, 0.5) is 10.5 Å². The summed E-state index contributed by atoms with van der Waals surface area (Å²) in [6.45, 7) is 5.85. The molecule has 0 aromatic heterocycles. The summed E-state index contributed by atoms with van der Waals surface area (Å²) in [7, 11) is 0. The second kappa shape index (κ2) is 6.31. The molecule has 2 aromatic rings. The highest BCUT2D eigenvalue weighted by Gasteiger charge is 2.26. The molecule has 0 radical (unpaired) electrons. The topological polar surface area (TPSA) is 59.6 Å². The normalized spacial score (nSPS) is 14.3. The van der Waals surface area contributed by atoms with E-state index in [9.17, 15) is 4.79 Å². The highest BCUT2D eigenvalue weighted by atomic mass is 16.5. The highest BCUT2D eigenvalue weighted by molar-refractivity contribution is 5.90. The molecule has 0 aliphatic carbocycles. The zero-order chi connectivity index (χ0) is 17.4. The van der Waals surface area contributed by atoms with Crippen LogP contribution in [0.5, 0.6) is 11.5 Å². The zero-order valence-corrected chi connectivity index (χ0v) is 14.6. The molecule has 0 saturated heterocycles. The van der Waals surface area contributed by atoms with Crippen molar-refractivity contribution in [2.75, 3.05) is 18.5 Å². The van der Waals surface area contributed by atoms with Gasteiger partial charge >= 0.3 is 6.03 Å². The van der Waals surface area contributed by atoms with Gasteiger partial charge in [-0.3, -0.25) is 0 Å². The average molecular weight is 338 g/mol. The van der Waals surface area contributed by atoms with E-state index in [1.165, 1.54) is 11.1 Å². The number of carbonyl (C=O) groups is 1. The summed E-state index contributed by atoms with van der Waals surface area (Å²) in [5, 5.41) is 5.88. The predicted octanol–water partition coefficient (Wildman–Crippen LogP) is 3.49. The van der Waals surface area contributed by atoms with E-state index in [-0.39, 0.29) is 6.03 Å². The van der Waals surface area contributed by atoms with Crippen molar-refractivity contribution >= 4 is 11.7 Å². The number of nitrogens with one attached hydrogen (secondary N) is 2. The molecule has 2 aromatic carbocycles. The van der Waals surface area contributed by atoms with Crippen LogP contribution in [-0.2, 0) is 19.4 Å². The van der Waals surface area contributed by atoms with Gasteiger partial charge in [0.25, 0.3) is 0 Å². The van der Waals surface area contributed by atoms with Gasteiger partial charge in [0, 0.05) is 41.8 Å². The fourth-order valence-electron chi connectivity index (χ4n) is 3.56. The van der Waals surface area contributed by atoms with Crippen molar-refractivity contribution in [2.45, 2.75) is 33.2 Å². The van der Waals surface area contributed by atoms with E-state index in [1.807, 2.05) is 26.0 Å². The lowest BCUT2D eigenvalue weighted by Crippen LogP contribution is -2.29. The fourth-order valence-corrected chi connectivity index (χ4v) is 3.56. The van der Waals surface area contributed by atoms with Crippen LogP contribution in [0.25, 0.3) is 0 Å². The number of urea groups is 1. The Morgan fingerprint density at radius 2 is 1.96 bits per heavy atom. The van der Waals surface area contributed by atoms with E-state index in [0.717, 1.165) is 46.7 Å². The maximum Gasteiger partial charge on any atom is 0.319 e. The third-order valence-corrected chi connectivity index (χ3v) is 4.82. The molecule has 2 aliphatic rings.